The minimum absolute atomic E-state index is 0.256. The van der Waals surface area contributed by atoms with E-state index in [1.165, 1.54) is 25.7 Å². The summed E-state index contributed by atoms with van der Waals surface area (Å²) in [7, 11) is 0. The first-order chi connectivity index (χ1) is 10.5. The number of rotatable bonds is 9. The van der Waals surface area contributed by atoms with Crippen LogP contribution in [0.5, 0.6) is 0 Å². The van der Waals surface area contributed by atoms with Crippen LogP contribution < -0.4 is 10.6 Å². The van der Waals surface area contributed by atoms with E-state index in [0.29, 0.717) is 18.3 Å². The molecule has 22 heavy (non-hydrogen) atoms. The summed E-state index contributed by atoms with van der Waals surface area (Å²) in [6, 6.07) is 0. The number of aryl methyl sites for hydroxylation is 1. The molecular weight excluding hydrogens is 278 g/mol. The summed E-state index contributed by atoms with van der Waals surface area (Å²) in [5, 5.41) is 10.4. The summed E-state index contributed by atoms with van der Waals surface area (Å²) in [5.41, 5.74) is 0.256. The highest BCUT2D eigenvalue weighted by atomic mass is 16.5. The lowest BCUT2D eigenvalue weighted by Gasteiger charge is -2.26. The van der Waals surface area contributed by atoms with Crippen molar-refractivity contribution in [3.63, 3.8) is 0 Å². The topological polar surface area (TPSA) is 75.3 Å². The van der Waals surface area contributed by atoms with Gasteiger partial charge < -0.3 is 15.2 Å². The van der Waals surface area contributed by atoms with Crippen LogP contribution in [0.3, 0.4) is 0 Å². The minimum Gasteiger partial charge on any atom is -0.357 e. The van der Waals surface area contributed by atoms with Crippen molar-refractivity contribution < 1.29 is 4.52 Å². The van der Waals surface area contributed by atoms with Crippen molar-refractivity contribution in [3.05, 3.63) is 11.7 Å². The van der Waals surface area contributed by atoms with Crippen LogP contribution in [0.4, 0.5) is 0 Å². The SMILES string of the molecule is CCCCCC(C)(C)CNC(=NCc1nc(C)no1)NCC. The predicted molar refractivity (Wildman–Crippen MR) is 89.8 cm³/mol. The smallest absolute Gasteiger partial charge is 0.248 e. The predicted octanol–water partition coefficient (Wildman–Crippen LogP) is 3.04. The van der Waals surface area contributed by atoms with Crippen molar-refractivity contribution >= 4 is 5.96 Å². The summed E-state index contributed by atoms with van der Waals surface area (Å²) in [6.45, 7) is 12.8. The average molecular weight is 309 g/mol. The Kier molecular flexibility index (Phi) is 7.91. The molecule has 6 heteroatoms. The molecule has 0 unspecified atom stereocenters. The lowest BCUT2D eigenvalue weighted by Crippen LogP contribution is -2.42. The maximum Gasteiger partial charge on any atom is 0.248 e. The highest BCUT2D eigenvalue weighted by Gasteiger charge is 2.17. The first-order valence-electron chi connectivity index (χ1n) is 8.28. The molecule has 0 spiro atoms. The average Bonchev–Trinajstić information content (AvgIpc) is 2.88. The number of guanidine groups is 1. The molecule has 0 aliphatic carbocycles. The Bertz CT molecular complexity index is 453. The van der Waals surface area contributed by atoms with Gasteiger partial charge in [-0.25, -0.2) is 4.99 Å². The van der Waals surface area contributed by atoms with E-state index in [2.05, 4.69) is 53.5 Å². The second kappa shape index (κ2) is 9.43. The van der Waals surface area contributed by atoms with Gasteiger partial charge in [0, 0.05) is 13.1 Å². The summed E-state index contributed by atoms with van der Waals surface area (Å²) >= 11 is 0. The van der Waals surface area contributed by atoms with Crippen molar-refractivity contribution in [2.24, 2.45) is 10.4 Å². The first kappa shape index (κ1) is 18.5. The maximum atomic E-state index is 5.08. The molecule has 6 nitrogen and oxygen atoms in total. The van der Waals surface area contributed by atoms with Gasteiger partial charge in [0.15, 0.2) is 11.8 Å². The van der Waals surface area contributed by atoms with E-state index in [0.717, 1.165) is 19.0 Å². The van der Waals surface area contributed by atoms with Gasteiger partial charge in [0.2, 0.25) is 5.89 Å². The fraction of sp³-hybridized carbons (Fsp3) is 0.812. The van der Waals surface area contributed by atoms with E-state index in [1.807, 2.05) is 0 Å². The molecule has 1 rings (SSSR count). The van der Waals surface area contributed by atoms with Gasteiger partial charge in [-0.2, -0.15) is 4.98 Å². The molecule has 0 aliphatic rings. The van der Waals surface area contributed by atoms with Crippen molar-refractivity contribution in [3.8, 4) is 0 Å². The molecule has 0 amide bonds. The second-order valence-corrected chi connectivity index (χ2v) is 6.41. The third-order valence-electron chi connectivity index (χ3n) is 3.48. The molecule has 0 aliphatic heterocycles. The largest absolute Gasteiger partial charge is 0.357 e. The lowest BCUT2D eigenvalue weighted by atomic mass is 9.87. The van der Waals surface area contributed by atoms with Gasteiger partial charge in [-0.3, -0.25) is 0 Å². The fourth-order valence-corrected chi connectivity index (χ4v) is 2.16. The number of nitrogens with one attached hydrogen (secondary N) is 2. The molecule has 1 aromatic heterocycles. The van der Waals surface area contributed by atoms with E-state index in [1.54, 1.807) is 6.92 Å². The molecule has 0 saturated carbocycles. The van der Waals surface area contributed by atoms with Crippen molar-refractivity contribution in [1.29, 1.82) is 0 Å². The molecule has 1 heterocycles. The van der Waals surface area contributed by atoms with Gasteiger partial charge in [0.1, 0.15) is 6.54 Å². The highest BCUT2D eigenvalue weighted by molar-refractivity contribution is 5.79. The van der Waals surface area contributed by atoms with Crippen LogP contribution in [-0.2, 0) is 6.54 Å². The van der Waals surface area contributed by atoms with Crippen LogP contribution in [0.2, 0.25) is 0 Å². The van der Waals surface area contributed by atoms with Gasteiger partial charge in [0.25, 0.3) is 0 Å². The van der Waals surface area contributed by atoms with Crippen LogP contribution in [0.1, 0.15) is 65.1 Å². The zero-order chi connectivity index (χ0) is 16.4. The number of aliphatic imine (C=N–C) groups is 1. The van der Waals surface area contributed by atoms with Crippen LogP contribution in [0, 0.1) is 12.3 Å². The minimum atomic E-state index is 0.256. The Hall–Kier alpha value is -1.59. The number of nitrogens with zero attached hydrogens (tertiary/aromatic N) is 3. The summed E-state index contributed by atoms with van der Waals surface area (Å²) in [5.74, 6) is 1.97. The van der Waals surface area contributed by atoms with Crippen molar-refractivity contribution in [1.82, 2.24) is 20.8 Å². The number of aromatic nitrogens is 2. The van der Waals surface area contributed by atoms with Gasteiger partial charge in [-0.15, -0.1) is 0 Å². The van der Waals surface area contributed by atoms with E-state index < -0.39 is 0 Å². The Labute approximate surface area is 134 Å². The van der Waals surface area contributed by atoms with E-state index in [4.69, 9.17) is 4.52 Å². The lowest BCUT2D eigenvalue weighted by molar-refractivity contribution is 0.318. The Morgan fingerprint density at radius 1 is 1.23 bits per heavy atom. The zero-order valence-corrected chi connectivity index (χ0v) is 14.7. The quantitative estimate of drug-likeness (QED) is 0.416. The van der Waals surface area contributed by atoms with Crippen LogP contribution in [0.25, 0.3) is 0 Å². The van der Waals surface area contributed by atoms with Crippen LogP contribution in [-0.4, -0.2) is 29.2 Å². The molecule has 0 atom stereocenters. The fourth-order valence-electron chi connectivity index (χ4n) is 2.16. The standard InChI is InChI=1S/C16H31N5O/c1-6-8-9-10-16(4,5)12-19-15(17-7-2)18-11-14-20-13(3)21-22-14/h6-12H2,1-5H3,(H2,17,18,19). The number of hydrogen-bond donors (Lipinski definition) is 2. The molecule has 0 saturated heterocycles. The molecule has 0 radical (unpaired) electrons. The summed E-state index contributed by atoms with van der Waals surface area (Å²) < 4.78 is 5.08. The molecule has 1 aromatic rings. The van der Waals surface area contributed by atoms with Gasteiger partial charge in [0.05, 0.1) is 0 Å². The molecule has 126 valence electrons. The molecule has 0 aromatic carbocycles. The van der Waals surface area contributed by atoms with Gasteiger partial charge in [-0.05, 0) is 25.7 Å². The zero-order valence-electron chi connectivity index (χ0n) is 14.7. The molecule has 0 fully saturated rings. The third kappa shape index (κ3) is 7.43. The van der Waals surface area contributed by atoms with E-state index >= 15 is 0 Å². The number of unbranched alkanes of at least 4 members (excludes halogenated alkanes) is 2. The summed E-state index contributed by atoms with van der Waals surface area (Å²) in [6.07, 6.45) is 5.06. The Morgan fingerprint density at radius 2 is 2.00 bits per heavy atom. The Balaban J connectivity index is 2.48. The highest BCUT2D eigenvalue weighted by Crippen LogP contribution is 2.22. The molecule has 2 N–H and O–H groups in total. The van der Waals surface area contributed by atoms with E-state index in [9.17, 15) is 0 Å². The molecule has 0 bridgehead atoms. The Morgan fingerprint density at radius 3 is 2.59 bits per heavy atom. The summed E-state index contributed by atoms with van der Waals surface area (Å²) in [4.78, 5) is 8.66. The van der Waals surface area contributed by atoms with Gasteiger partial charge >= 0.3 is 0 Å². The monoisotopic (exact) mass is 309 g/mol. The first-order valence-corrected chi connectivity index (χ1v) is 8.28. The van der Waals surface area contributed by atoms with E-state index in [-0.39, 0.29) is 5.41 Å². The van der Waals surface area contributed by atoms with Gasteiger partial charge in [-0.1, -0.05) is 45.2 Å². The second-order valence-electron chi connectivity index (χ2n) is 6.41. The van der Waals surface area contributed by atoms with Crippen LogP contribution in [0.15, 0.2) is 9.52 Å². The van der Waals surface area contributed by atoms with Crippen LogP contribution >= 0.6 is 0 Å². The third-order valence-corrected chi connectivity index (χ3v) is 3.48. The van der Waals surface area contributed by atoms with Crippen molar-refractivity contribution in [2.45, 2.75) is 66.8 Å². The maximum absolute atomic E-state index is 5.08. The van der Waals surface area contributed by atoms with Crippen molar-refractivity contribution in [2.75, 3.05) is 13.1 Å². The normalized spacial score (nSPS) is 12.5. The molecular formula is C16H31N5O. The number of hydrogen-bond acceptors (Lipinski definition) is 4.